The van der Waals surface area contributed by atoms with Crippen molar-refractivity contribution in [1.82, 2.24) is 9.03 Å². The number of amides is 1. The van der Waals surface area contributed by atoms with Crippen LogP contribution < -0.4 is 10.0 Å². The summed E-state index contributed by atoms with van der Waals surface area (Å²) in [4.78, 5) is 10.9. The van der Waals surface area contributed by atoms with Crippen molar-refractivity contribution in [2.45, 2.75) is 19.7 Å². The lowest BCUT2D eigenvalue weighted by Crippen LogP contribution is -2.25. The number of β-amino-alcohol motifs (C(OH)–C–C–N with tert-alkyl or cyclic N) is 1. The molecule has 1 aromatic rings. The number of benzene rings is 1. The van der Waals surface area contributed by atoms with Gasteiger partial charge in [-0.2, -0.15) is 9.03 Å². The van der Waals surface area contributed by atoms with E-state index in [9.17, 15) is 19.0 Å². The Balaban J connectivity index is 2.02. The minimum absolute atomic E-state index is 0.145. The number of anilines is 1. The molecule has 0 aromatic heterocycles. The van der Waals surface area contributed by atoms with Crippen LogP contribution in [0.25, 0.3) is 0 Å². The van der Waals surface area contributed by atoms with Crippen LogP contribution in [-0.4, -0.2) is 37.2 Å². The highest BCUT2D eigenvalue weighted by Gasteiger charge is 2.34. The van der Waals surface area contributed by atoms with Crippen LogP contribution in [0.1, 0.15) is 12.5 Å². The number of hydrogen-bond acceptors (Lipinski definition) is 6. The zero-order valence-electron chi connectivity index (χ0n) is 10.4. The lowest BCUT2D eigenvalue weighted by Gasteiger charge is -2.35. The van der Waals surface area contributed by atoms with Gasteiger partial charge in [-0.25, -0.2) is 0 Å². The minimum Gasteiger partial charge on any atom is -0.376 e. The van der Waals surface area contributed by atoms with Crippen molar-refractivity contribution in [3.05, 3.63) is 29.8 Å². The Morgan fingerprint density at radius 3 is 2.58 bits per heavy atom. The fourth-order valence-electron chi connectivity index (χ4n) is 1.85. The molecule has 1 heterocycles. The van der Waals surface area contributed by atoms with Crippen molar-refractivity contribution < 1.29 is 19.0 Å². The number of carbonyl (C=O) groups is 1. The zero-order chi connectivity index (χ0) is 14.0. The summed E-state index contributed by atoms with van der Waals surface area (Å²) < 4.78 is 23.1. The second-order valence-corrected chi connectivity index (χ2v) is 6.14. The van der Waals surface area contributed by atoms with Crippen LogP contribution in [0.2, 0.25) is 0 Å². The van der Waals surface area contributed by atoms with Gasteiger partial charge in [0.1, 0.15) is 6.23 Å². The van der Waals surface area contributed by atoms with Crippen LogP contribution in [0.3, 0.4) is 0 Å². The molecule has 0 spiro atoms. The molecular weight excluding hydrogens is 270 g/mol. The van der Waals surface area contributed by atoms with Crippen LogP contribution >= 0.6 is 11.0 Å². The van der Waals surface area contributed by atoms with Gasteiger partial charge in [0.05, 0.1) is 6.54 Å². The molecule has 1 fully saturated rings. The van der Waals surface area contributed by atoms with Crippen LogP contribution in [0.15, 0.2) is 24.3 Å². The van der Waals surface area contributed by atoms with E-state index in [4.69, 9.17) is 0 Å². The number of aliphatic hydroxyl groups is 1. The Hall–Kier alpha value is -1.16. The number of nitrogens with zero attached hydrogens (tertiary/aromatic N) is 1. The number of carbonyl (C=O) groups excluding carboxylic acids is 1. The predicted molar refractivity (Wildman–Crippen MR) is 73.1 cm³/mol. The first-order valence-electron chi connectivity index (χ1n) is 5.72. The molecule has 7 nitrogen and oxygen atoms in total. The molecule has 0 saturated carbocycles. The van der Waals surface area contributed by atoms with Crippen molar-refractivity contribution in [1.29, 1.82) is 0 Å². The lowest BCUT2D eigenvalue weighted by atomic mass is 10.2. The van der Waals surface area contributed by atoms with Crippen LogP contribution in [0.4, 0.5) is 5.69 Å². The minimum atomic E-state index is -3.10. The van der Waals surface area contributed by atoms with Gasteiger partial charge in [0, 0.05) is 19.2 Å². The third-order valence-corrected chi connectivity index (χ3v) is 4.25. The summed E-state index contributed by atoms with van der Waals surface area (Å²) in [5.74, 6) is -0.145. The third-order valence-electron chi connectivity index (χ3n) is 2.66. The van der Waals surface area contributed by atoms with E-state index >= 15 is 0 Å². The van der Waals surface area contributed by atoms with Gasteiger partial charge in [-0.1, -0.05) is 23.1 Å². The molecule has 0 radical (unpaired) electrons. The fourth-order valence-corrected chi connectivity index (χ4v) is 3.11. The highest BCUT2D eigenvalue weighted by molar-refractivity contribution is 8.20. The molecule has 1 aliphatic rings. The SMILES string of the molecule is CC(=O)Nc1ccc(CN2CC(O)NS2(O)O)cc1. The van der Waals surface area contributed by atoms with Gasteiger partial charge in [0.25, 0.3) is 0 Å². The standard InChI is InChI=1S/C11H17N3O4S/c1-8(15)12-10-4-2-9(3-5-10)6-14-7-11(16)13-19(14,17)18/h2-5,11,13,16-18H,6-7H2,1H3,(H,12,15). The van der Waals surface area contributed by atoms with Gasteiger partial charge in [0.2, 0.25) is 5.91 Å². The quantitative estimate of drug-likeness (QED) is 0.567. The van der Waals surface area contributed by atoms with Gasteiger partial charge < -0.3 is 10.4 Å². The van der Waals surface area contributed by atoms with E-state index in [1.165, 1.54) is 11.2 Å². The monoisotopic (exact) mass is 287 g/mol. The maximum Gasteiger partial charge on any atom is 0.221 e. The van der Waals surface area contributed by atoms with Crippen LogP contribution in [0, 0.1) is 0 Å². The number of aliphatic hydroxyl groups excluding tert-OH is 1. The maximum atomic E-state index is 10.9. The predicted octanol–water partition coefficient (Wildman–Crippen LogP) is 0.949. The van der Waals surface area contributed by atoms with Gasteiger partial charge in [-0.15, -0.1) is 0 Å². The summed E-state index contributed by atoms with van der Waals surface area (Å²) in [6, 6.07) is 7.04. The number of nitrogens with one attached hydrogen (secondary N) is 2. The highest BCUT2D eigenvalue weighted by Crippen LogP contribution is 2.44. The van der Waals surface area contributed by atoms with Crippen LogP contribution in [-0.2, 0) is 11.3 Å². The zero-order valence-corrected chi connectivity index (χ0v) is 11.2. The summed E-state index contributed by atoms with van der Waals surface area (Å²) in [6.07, 6.45) is -0.941. The first-order valence-corrected chi connectivity index (χ1v) is 7.22. The normalized spacial score (nSPS) is 24.1. The van der Waals surface area contributed by atoms with Gasteiger partial charge in [-0.05, 0) is 17.7 Å². The molecule has 5 N–H and O–H groups in total. The smallest absolute Gasteiger partial charge is 0.221 e. The largest absolute Gasteiger partial charge is 0.376 e. The molecular formula is C11H17N3O4S. The van der Waals surface area contributed by atoms with E-state index in [0.717, 1.165) is 5.56 Å². The van der Waals surface area contributed by atoms with Gasteiger partial charge >= 0.3 is 0 Å². The van der Waals surface area contributed by atoms with Crippen molar-refractivity contribution in [3.8, 4) is 0 Å². The Bertz CT molecular complexity index is 466. The first kappa shape index (κ1) is 14.3. The fraction of sp³-hybridized carbons (Fsp3) is 0.364. The summed E-state index contributed by atoms with van der Waals surface area (Å²) in [7, 11) is -3.10. The van der Waals surface area contributed by atoms with Crippen molar-refractivity contribution in [3.63, 3.8) is 0 Å². The topological polar surface area (TPSA) is 105 Å². The second kappa shape index (κ2) is 5.45. The third kappa shape index (κ3) is 3.66. The maximum absolute atomic E-state index is 10.9. The number of rotatable bonds is 3. The van der Waals surface area contributed by atoms with Crippen molar-refractivity contribution >= 4 is 22.6 Å². The Morgan fingerprint density at radius 2 is 2.11 bits per heavy atom. The molecule has 1 aliphatic heterocycles. The molecule has 0 bridgehead atoms. The van der Waals surface area contributed by atoms with Gasteiger partial charge in [-0.3, -0.25) is 13.9 Å². The van der Waals surface area contributed by atoms with Crippen molar-refractivity contribution in [2.24, 2.45) is 0 Å². The van der Waals surface area contributed by atoms with Crippen molar-refractivity contribution in [2.75, 3.05) is 11.9 Å². The van der Waals surface area contributed by atoms with Crippen LogP contribution in [0.5, 0.6) is 0 Å². The summed E-state index contributed by atoms with van der Waals surface area (Å²) in [5.41, 5.74) is 1.53. The molecule has 1 unspecified atom stereocenters. The molecule has 19 heavy (non-hydrogen) atoms. The first-order chi connectivity index (χ1) is 8.87. The molecule has 8 heteroatoms. The average Bonchev–Trinajstić information content (AvgIpc) is 2.54. The van der Waals surface area contributed by atoms with E-state index in [1.807, 2.05) is 0 Å². The second-order valence-electron chi connectivity index (χ2n) is 4.35. The van der Waals surface area contributed by atoms with Gasteiger partial charge in [0.15, 0.2) is 0 Å². The Morgan fingerprint density at radius 1 is 1.47 bits per heavy atom. The summed E-state index contributed by atoms with van der Waals surface area (Å²) in [5, 5.41) is 12.0. The van der Waals surface area contributed by atoms with E-state index < -0.39 is 17.2 Å². The molecule has 106 valence electrons. The summed E-state index contributed by atoms with van der Waals surface area (Å²) >= 11 is 0. The number of hydrogen-bond donors (Lipinski definition) is 5. The molecule has 0 aliphatic carbocycles. The molecule has 1 atom stereocenters. The summed E-state index contributed by atoms with van der Waals surface area (Å²) in [6.45, 7) is 1.88. The van der Waals surface area contributed by atoms with E-state index in [2.05, 4.69) is 10.0 Å². The Labute approximate surface area is 112 Å². The molecule has 1 saturated heterocycles. The molecule has 2 rings (SSSR count). The van der Waals surface area contributed by atoms with E-state index in [0.29, 0.717) is 12.2 Å². The van der Waals surface area contributed by atoms with E-state index in [1.54, 1.807) is 24.3 Å². The molecule has 1 amide bonds. The molecule has 1 aromatic carbocycles. The Kier molecular flexibility index (Phi) is 4.09. The average molecular weight is 287 g/mol. The highest BCUT2D eigenvalue weighted by atomic mass is 32.3. The van der Waals surface area contributed by atoms with E-state index in [-0.39, 0.29) is 12.5 Å². The lowest BCUT2D eigenvalue weighted by molar-refractivity contribution is -0.114.